The summed E-state index contributed by atoms with van der Waals surface area (Å²) in [5.41, 5.74) is 3.49. The third-order valence-electron chi connectivity index (χ3n) is 4.90. The number of nitro groups is 1. The van der Waals surface area contributed by atoms with Gasteiger partial charge in [0.1, 0.15) is 0 Å². The molecular formula is C25H19N3O10. The van der Waals surface area contributed by atoms with Crippen molar-refractivity contribution in [2.45, 2.75) is 12.2 Å². The summed E-state index contributed by atoms with van der Waals surface area (Å²) in [5.74, 6) is -6.28. The maximum Gasteiger partial charge on any atom is 0.349 e. The summed E-state index contributed by atoms with van der Waals surface area (Å²) >= 11 is 0. The molecule has 3 aromatic carbocycles. The minimum Gasteiger partial charge on any atom is -0.478 e. The Morgan fingerprint density at radius 1 is 0.684 bits per heavy atom. The molecule has 0 aromatic heterocycles. The molecule has 194 valence electrons. The predicted octanol–water partition coefficient (Wildman–Crippen LogP) is 1.89. The highest BCUT2D eigenvalue weighted by Crippen LogP contribution is 2.14. The number of rotatable bonds is 9. The summed E-state index contributed by atoms with van der Waals surface area (Å²) in [6.45, 7) is 0. The van der Waals surface area contributed by atoms with Crippen LogP contribution in [0.4, 0.5) is 5.69 Å². The Morgan fingerprint density at radius 3 is 1.61 bits per heavy atom. The minimum atomic E-state index is -2.30. The van der Waals surface area contributed by atoms with Gasteiger partial charge in [0.05, 0.1) is 16.1 Å². The maximum atomic E-state index is 12.9. The second-order valence-corrected chi connectivity index (χ2v) is 7.47. The number of hydrogen-bond acceptors (Lipinski definition) is 9. The number of benzene rings is 3. The molecule has 3 N–H and O–H groups in total. The van der Waals surface area contributed by atoms with Crippen molar-refractivity contribution in [1.82, 2.24) is 10.9 Å². The largest absolute Gasteiger partial charge is 0.478 e. The van der Waals surface area contributed by atoms with Gasteiger partial charge in [-0.1, -0.05) is 36.4 Å². The van der Waals surface area contributed by atoms with Gasteiger partial charge in [-0.05, 0) is 36.4 Å². The van der Waals surface area contributed by atoms with Crippen LogP contribution in [0.2, 0.25) is 0 Å². The summed E-state index contributed by atoms with van der Waals surface area (Å²) in [6.07, 6.45) is -4.53. The summed E-state index contributed by atoms with van der Waals surface area (Å²) in [4.78, 5) is 72.5. The minimum absolute atomic E-state index is 0.0289. The number of carboxylic acids is 1. The number of hydrogen-bond donors (Lipinski definition) is 3. The van der Waals surface area contributed by atoms with Gasteiger partial charge in [0.2, 0.25) is 12.2 Å². The van der Waals surface area contributed by atoms with E-state index in [-0.39, 0.29) is 22.4 Å². The molecule has 0 radical (unpaired) electrons. The van der Waals surface area contributed by atoms with Gasteiger partial charge in [-0.2, -0.15) is 0 Å². The van der Waals surface area contributed by atoms with Gasteiger partial charge in [0, 0.05) is 17.7 Å². The third-order valence-corrected chi connectivity index (χ3v) is 4.90. The van der Waals surface area contributed by atoms with E-state index in [2.05, 4.69) is 0 Å². The smallest absolute Gasteiger partial charge is 0.349 e. The summed E-state index contributed by atoms with van der Waals surface area (Å²) in [6, 6.07) is 19.0. The SMILES string of the molecule is O=C(NNC(=O)[C@H](OC(=O)c1ccccc1)[C@@H](OC(=O)c1ccccc1)C(=O)O)c1ccc([N+](=O)[O-])cc1. The fourth-order valence-electron chi connectivity index (χ4n) is 3.01. The zero-order valence-electron chi connectivity index (χ0n) is 19.3. The maximum absolute atomic E-state index is 12.9. The van der Waals surface area contributed by atoms with Crippen molar-refractivity contribution in [2.75, 3.05) is 0 Å². The molecule has 0 saturated heterocycles. The number of ether oxygens (including phenoxy) is 2. The van der Waals surface area contributed by atoms with E-state index < -0.39 is 46.9 Å². The average molecular weight is 521 g/mol. The number of aliphatic carboxylic acids is 1. The van der Waals surface area contributed by atoms with Crippen molar-refractivity contribution in [3.63, 3.8) is 0 Å². The fraction of sp³-hybridized carbons (Fsp3) is 0.0800. The zero-order chi connectivity index (χ0) is 27.7. The van der Waals surface area contributed by atoms with Crippen LogP contribution in [0.25, 0.3) is 0 Å². The number of nitro benzene ring substituents is 1. The number of hydrazine groups is 1. The highest BCUT2D eigenvalue weighted by Gasteiger charge is 2.41. The average Bonchev–Trinajstić information content (AvgIpc) is 2.93. The summed E-state index contributed by atoms with van der Waals surface area (Å²) in [7, 11) is 0. The zero-order valence-corrected chi connectivity index (χ0v) is 19.3. The Balaban J connectivity index is 1.81. The molecule has 2 atom stereocenters. The number of esters is 2. The molecule has 13 heteroatoms. The van der Waals surface area contributed by atoms with Gasteiger partial charge in [-0.15, -0.1) is 0 Å². The van der Waals surface area contributed by atoms with E-state index in [1.807, 2.05) is 10.9 Å². The highest BCUT2D eigenvalue weighted by atomic mass is 16.6. The van der Waals surface area contributed by atoms with Gasteiger partial charge in [-0.3, -0.25) is 30.6 Å². The molecule has 0 spiro atoms. The van der Waals surface area contributed by atoms with E-state index >= 15 is 0 Å². The quantitative estimate of drug-likeness (QED) is 0.213. The molecule has 2 amide bonds. The van der Waals surface area contributed by atoms with Crippen LogP contribution in [-0.4, -0.2) is 52.0 Å². The molecule has 0 aliphatic heterocycles. The standard InChI is InChI=1S/C25H19N3O10/c29-21(15-11-13-18(14-12-15)28(35)36)26-27-22(30)19(37-24(33)16-7-3-1-4-8-16)20(23(31)32)38-25(34)17-9-5-2-6-10-17/h1-14,19-20H,(H,26,29)(H,27,30)(H,31,32)/t19-,20-/m1/s1. The van der Waals surface area contributed by atoms with E-state index in [1.54, 1.807) is 12.1 Å². The first-order valence-corrected chi connectivity index (χ1v) is 10.8. The van der Waals surface area contributed by atoms with Crippen LogP contribution in [-0.2, 0) is 19.1 Å². The number of non-ortho nitro benzene ring substituents is 1. The lowest BCUT2D eigenvalue weighted by Crippen LogP contribution is -2.54. The van der Waals surface area contributed by atoms with E-state index in [4.69, 9.17) is 9.47 Å². The van der Waals surface area contributed by atoms with Crippen LogP contribution in [0.15, 0.2) is 84.9 Å². The van der Waals surface area contributed by atoms with E-state index in [1.165, 1.54) is 48.5 Å². The predicted molar refractivity (Wildman–Crippen MR) is 128 cm³/mol. The second-order valence-electron chi connectivity index (χ2n) is 7.47. The monoisotopic (exact) mass is 521 g/mol. The van der Waals surface area contributed by atoms with Crippen molar-refractivity contribution >= 4 is 35.4 Å². The molecular weight excluding hydrogens is 502 g/mol. The molecule has 0 heterocycles. The molecule has 0 fully saturated rings. The van der Waals surface area contributed by atoms with Gasteiger partial charge in [-0.25, -0.2) is 14.4 Å². The number of carbonyl (C=O) groups excluding carboxylic acids is 4. The van der Waals surface area contributed by atoms with Crippen LogP contribution in [0, 0.1) is 10.1 Å². The van der Waals surface area contributed by atoms with Gasteiger partial charge >= 0.3 is 17.9 Å². The van der Waals surface area contributed by atoms with E-state index in [0.29, 0.717) is 0 Å². The van der Waals surface area contributed by atoms with Gasteiger partial charge in [0.15, 0.2) is 0 Å². The lowest BCUT2D eigenvalue weighted by Gasteiger charge is -2.23. The van der Waals surface area contributed by atoms with Crippen LogP contribution in [0.1, 0.15) is 31.1 Å². The second kappa shape index (κ2) is 12.4. The molecule has 0 bridgehead atoms. The molecule has 0 aliphatic rings. The lowest BCUT2D eigenvalue weighted by atomic mass is 10.1. The first-order valence-electron chi connectivity index (χ1n) is 10.8. The molecule has 0 aliphatic carbocycles. The van der Waals surface area contributed by atoms with Crippen LogP contribution in [0.3, 0.4) is 0 Å². The fourth-order valence-corrected chi connectivity index (χ4v) is 3.01. The van der Waals surface area contributed by atoms with Crippen LogP contribution < -0.4 is 10.9 Å². The molecule has 0 unspecified atom stereocenters. The van der Waals surface area contributed by atoms with Crippen molar-refractivity contribution in [3.05, 3.63) is 112 Å². The lowest BCUT2D eigenvalue weighted by molar-refractivity contribution is -0.384. The number of nitrogens with zero attached hydrogens (tertiary/aromatic N) is 1. The first-order chi connectivity index (χ1) is 18.2. The molecule has 0 saturated carbocycles. The first kappa shape index (κ1) is 27.0. The van der Waals surface area contributed by atoms with Crippen LogP contribution in [0.5, 0.6) is 0 Å². The molecule has 38 heavy (non-hydrogen) atoms. The Morgan fingerprint density at radius 2 is 1.16 bits per heavy atom. The normalized spacial score (nSPS) is 11.8. The molecule has 13 nitrogen and oxygen atoms in total. The van der Waals surface area contributed by atoms with Crippen LogP contribution >= 0.6 is 0 Å². The number of nitrogens with one attached hydrogen (secondary N) is 2. The van der Waals surface area contributed by atoms with Crippen molar-refractivity contribution in [3.8, 4) is 0 Å². The van der Waals surface area contributed by atoms with E-state index in [9.17, 15) is 39.2 Å². The summed E-state index contributed by atoms with van der Waals surface area (Å²) in [5, 5.41) is 20.5. The van der Waals surface area contributed by atoms with Gasteiger partial charge in [0.25, 0.3) is 17.5 Å². The Bertz CT molecular complexity index is 1340. The van der Waals surface area contributed by atoms with Crippen molar-refractivity contribution < 1.29 is 43.5 Å². The molecule has 3 aromatic rings. The topological polar surface area (TPSA) is 191 Å². The van der Waals surface area contributed by atoms with Crippen molar-refractivity contribution in [2.24, 2.45) is 0 Å². The Labute approximate surface area is 214 Å². The summed E-state index contributed by atoms with van der Waals surface area (Å²) < 4.78 is 10.1. The Kier molecular flexibility index (Phi) is 8.81. The molecule has 3 rings (SSSR count). The Hall–Kier alpha value is -5.59. The number of carboxylic acid groups (broad SMARTS) is 1. The van der Waals surface area contributed by atoms with Crippen molar-refractivity contribution in [1.29, 1.82) is 0 Å². The number of carbonyl (C=O) groups is 5. The number of amides is 2. The van der Waals surface area contributed by atoms with Gasteiger partial charge < -0.3 is 14.6 Å². The van der Waals surface area contributed by atoms with E-state index in [0.717, 1.165) is 24.3 Å². The highest BCUT2D eigenvalue weighted by molar-refractivity contribution is 5.99. The third kappa shape index (κ3) is 6.97.